The lowest BCUT2D eigenvalue weighted by atomic mass is 10.1. The molecule has 33 heavy (non-hydrogen) atoms. The topological polar surface area (TPSA) is 71.8 Å². The van der Waals surface area contributed by atoms with Crippen molar-refractivity contribution in [3.63, 3.8) is 0 Å². The van der Waals surface area contributed by atoms with Crippen LogP contribution in [0.4, 0.5) is 11.4 Å². The van der Waals surface area contributed by atoms with Crippen molar-refractivity contribution in [1.29, 1.82) is 0 Å². The number of hydrogen-bond donors (Lipinski definition) is 2. The maximum Gasteiger partial charge on any atom is 0.234 e. The Hall–Kier alpha value is -3.29. The molecule has 0 bridgehead atoms. The van der Waals surface area contributed by atoms with E-state index >= 15 is 0 Å². The molecule has 1 heterocycles. The number of nitrogens with one attached hydrogen (secondary N) is 2. The monoisotopic (exact) mass is 477 g/mol. The van der Waals surface area contributed by atoms with Crippen LogP contribution in [0.15, 0.2) is 78.0 Å². The predicted octanol–water partition coefficient (Wildman–Crippen LogP) is 5.88. The number of para-hydroxylation sites is 2. The molecule has 4 rings (SSSR count). The van der Waals surface area contributed by atoms with Crippen LogP contribution in [0.2, 0.25) is 5.02 Å². The molecule has 8 heteroatoms. The summed E-state index contributed by atoms with van der Waals surface area (Å²) in [7, 11) is 0. The van der Waals surface area contributed by atoms with Crippen LogP contribution >= 0.6 is 23.4 Å². The standard InChI is InChI=1S/C25H24ClN5OS/c1-17-12-13-21(18(2)14-17)27-15-23-29-30-25(31(23)19-8-4-3-5-9-19)33-16-24(32)28-22-11-7-6-10-20(22)26/h3-14,27H,15-16H2,1-2H3,(H,28,32). The average Bonchev–Trinajstić information content (AvgIpc) is 3.22. The smallest absolute Gasteiger partial charge is 0.234 e. The molecule has 0 unspecified atom stereocenters. The summed E-state index contributed by atoms with van der Waals surface area (Å²) in [6, 6.07) is 23.4. The Bertz CT molecular complexity index is 1260. The summed E-state index contributed by atoms with van der Waals surface area (Å²) in [5, 5.41) is 16.2. The highest BCUT2D eigenvalue weighted by atomic mass is 35.5. The Labute approximate surface area is 202 Å². The Kier molecular flexibility index (Phi) is 7.32. The number of carbonyl (C=O) groups excluding carboxylic acids is 1. The number of rotatable bonds is 8. The van der Waals surface area contributed by atoms with Crippen LogP contribution in [0.25, 0.3) is 5.69 Å². The summed E-state index contributed by atoms with van der Waals surface area (Å²) < 4.78 is 1.98. The van der Waals surface area contributed by atoms with Gasteiger partial charge in [-0.1, -0.05) is 71.4 Å². The van der Waals surface area contributed by atoms with E-state index < -0.39 is 0 Å². The average molecular weight is 478 g/mol. The fraction of sp³-hybridized carbons (Fsp3) is 0.160. The van der Waals surface area contributed by atoms with Gasteiger partial charge in [0.1, 0.15) is 0 Å². The van der Waals surface area contributed by atoms with Crippen molar-refractivity contribution in [3.05, 3.63) is 94.8 Å². The molecule has 0 saturated carbocycles. The SMILES string of the molecule is Cc1ccc(NCc2nnc(SCC(=O)Nc3ccccc3Cl)n2-c2ccccc2)c(C)c1. The summed E-state index contributed by atoms with van der Waals surface area (Å²) in [5.74, 6) is 0.779. The molecule has 6 nitrogen and oxygen atoms in total. The predicted molar refractivity (Wildman–Crippen MR) is 135 cm³/mol. The number of aryl methyl sites for hydroxylation is 2. The molecule has 1 aromatic heterocycles. The fourth-order valence-corrected chi connectivity index (χ4v) is 4.36. The Morgan fingerprint density at radius 3 is 2.48 bits per heavy atom. The first kappa shape index (κ1) is 22.9. The van der Waals surface area contributed by atoms with Crippen molar-refractivity contribution in [2.24, 2.45) is 0 Å². The molecule has 0 spiro atoms. The van der Waals surface area contributed by atoms with Crippen molar-refractivity contribution in [2.45, 2.75) is 25.5 Å². The van der Waals surface area contributed by atoms with Gasteiger partial charge in [-0.05, 0) is 49.7 Å². The number of aromatic nitrogens is 3. The number of hydrogen-bond acceptors (Lipinski definition) is 5. The minimum Gasteiger partial charge on any atom is -0.378 e. The minimum absolute atomic E-state index is 0.161. The quantitative estimate of drug-likeness (QED) is 0.310. The van der Waals surface area contributed by atoms with Gasteiger partial charge in [-0.15, -0.1) is 10.2 Å². The van der Waals surface area contributed by atoms with Crippen LogP contribution < -0.4 is 10.6 Å². The number of nitrogens with zero attached hydrogens (tertiary/aromatic N) is 3. The molecular weight excluding hydrogens is 454 g/mol. The number of benzene rings is 3. The summed E-state index contributed by atoms with van der Waals surface area (Å²) in [6.45, 7) is 4.66. The lowest BCUT2D eigenvalue weighted by Crippen LogP contribution is -2.15. The van der Waals surface area contributed by atoms with Crippen molar-refractivity contribution in [3.8, 4) is 5.69 Å². The molecule has 0 aliphatic heterocycles. The minimum atomic E-state index is -0.161. The molecule has 0 atom stereocenters. The largest absolute Gasteiger partial charge is 0.378 e. The van der Waals surface area contributed by atoms with E-state index in [1.165, 1.54) is 22.9 Å². The van der Waals surface area contributed by atoms with Crippen molar-refractivity contribution < 1.29 is 4.79 Å². The summed E-state index contributed by atoms with van der Waals surface area (Å²) >= 11 is 7.47. The van der Waals surface area contributed by atoms with E-state index in [1.54, 1.807) is 12.1 Å². The zero-order chi connectivity index (χ0) is 23.2. The van der Waals surface area contributed by atoms with Crippen LogP contribution in [-0.4, -0.2) is 26.4 Å². The zero-order valence-corrected chi connectivity index (χ0v) is 20.0. The third-order valence-electron chi connectivity index (χ3n) is 5.01. The van der Waals surface area contributed by atoms with E-state index in [1.807, 2.05) is 47.0 Å². The van der Waals surface area contributed by atoms with Gasteiger partial charge in [0, 0.05) is 11.4 Å². The fourth-order valence-electron chi connectivity index (χ4n) is 3.41. The Balaban J connectivity index is 1.51. The zero-order valence-electron chi connectivity index (χ0n) is 18.4. The van der Waals surface area contributed by atoms with Crippen LogP contribution in [0.3, 0.4) is 0 Å². The molecule has 1 amide bonds. The van der Waals surface area contributed by atoms with E-state index in [9.17, 15) is 4.79 Å². The second kappa shape index (κ2) is 10.6. The summed E-state index contributed by atoms with van der Waals surface area (Å²) in [5.41, 5.74) is 4.98. The molecule has 0 fully saturated rings. The van der Waals surface area contributed by atoms with Gasteiger partial charge in [0.25, 0.3) is 0 Å². The first-order chi connectivity index (χ1) is 16.0. The van der Waals surface area contributed by atoms with Crippen LogP contribution in [0.5, 0.6) is 0 Å². The van der Waals surface area contributed by atoms with Gasteiger partial charge >= 0.3 is 0 Å². The second-order valence-corrected chi connectivity index (χ2v) is 8.91. The van der Waals surface area contributed by atoms with Crippen molar-refractivity contribution in [1.82, 2.24) is 14.8 Å². The van der Waals surface area contributed by atoms with Crippen molar-refractivity contribution >= 4 is 40.6 Å². The molecule has 3 aromatic carbocycles. The number of amides is 1. The Morgan fingerprint density at radius 2 is 1.73 bits per heavy atom. The van der Waals surface area contributed by atoms with Crippen LogP contribution in [0, 0.1) is 13.8 Å². The molecule has 2 N–H and O–H groups in total. The van der Waals surface area contributed by atoms with E-state index in [0.29, 0.717) is 22.4 Å². The van der Waals surface area contributed by atoms with Gasteiger partial charge < -0.3 is 10.6 Å². The van der Waals surface area contributed by atoms with Gasteiger partial charge in [-0.25, -0.2) is 0 Å². The maximum absolute atomic E-state index is 12.5. The highest BCUT2D eigenvalue weighted by Gasteiger charge is 2.16. The lowest BCUT2D eigenvalue weighted by molar-refractivity contribution is -0.113. The first-order valence-corrected chi connectivity index (χ1v) is 11.9. The van der Waals surface area contributed by atoms with Gasteiger partial charge in [-0.3, -0.25) is 9.36 Å². The van der Waals surface area contributed by atoms with Crippen LogP contribution in [0.1, 0.15) is 17.0 Å². The normalized spacial score (nSPS) is 10.8. The second-order valence-electron chi connectivity index (χ2n) is 7.56. The van der Waals surface area contributed by atoms with Gasteiger partial charge in [0.15, 0.2) is 11.0 Å². The van der Waals surface area contributed by atoms with E-state index in [-0.39, 0.29) is 11.7 Å². The molecule has 0 saturated heterocycles. The number of anilines is 2. The molecule has 0 aliphatic carbocycles. The van der Waals surface area contributed by atoms with Crippen LogP contribution in [-0.2, 0) is 11.3 Å². The van der Waals surface area contributed by atoms with Crippen molar-refractivity contribution in [2.75, 3.05) is 16.4 Å². The van der Waals surface area contributed by atoms with Gasteiger partial charge in [0.05, 0.1) is 23.0 Å². The molecule has 0 radical (unpaired) electrons. The first-order valence-electron chi connectivity index (χ1n) is 10.5. The maximum atomic E-state index is 12.5. The molecular formula is C25H24ClN5OS. The molecule has 4 aromatic rings. The third kappa shape index (κ3) is 5.74. The van der Waals surface area contributed by atoms with E-state index in [2.05, 4.69) is 52.9 Å². The highest BCUT2D eigenvalue weighted by molar-refractivity contribution is 7.99. The number of thioether (sulfide) groups is 1. The van der Waals surface area contributed by atoms with Gasteiger partial charge in [0.2, 0.25) is 5.91 Å². The Morgan fingerprint density at radius 1 is 0.970 bits per heavy atom. The highest BCUT2D eigenvalue weighted by Crippen LogP contribution is 2.25. The number of carbonyl (C=O) groups is 1. The molecule has 168 valence electrons. The van der Waals surface area contributed by atoms with Gasteiger partial charge in [-0.2, -0.15) is 0 Å². The van der Waals surface area contributed by atoms with E-state index in [0.717, 1.165) is 17.2 Å². The van der Waals surface area contributed by atoms with E-state index in [4.69, 9.17) is 11.6 Å². The number of halogens is 1. The lowest BCUT2D eigenvalue weighted by Gasteiger charge is -2.13. The molecule has 0 aliphatic rings. The summed E-state index contributed by atoms with van der Waals surface area (Å²) in [4.78, 5) is 12.5. The summed E-state index contributed by atoms with van der Waals surface area (Å²) in [6.07, 6.45) is 0. The third-order valence-corrected chi connectivity index (χ3v) is 6.27.